The Morgan fingerprint density at radius 2 is 1.58 bits per heavy atom. The van der Waals surface area contributed by atoms with Gasteiger partial charge < -0.3 is 20.1 Å². The molecule has 1 fully saturated rings. The second-order valence-corrected chi connectivity index (χ2v) is 8.10. The number of rotatable bonds is 7. The molecule has 2 N–H and O–H groups in total. The summed E-state index contributed by atoms with van der Waals surface area (Å²) >= 11 is 0. The highest BCUT2D eigenvalue weighted by molar-refractivity contribution is 5.87. The van der Waals surface area contributed by atoms with E-state index in [9.17, 15) is 14.4 Å². The average Bonchev–Trinajstić information content (AvgIpc) is 3.14. The summed E-state index contributed by atoms with van der Waals surface area (Å²) in [5.74, 6) is -1.02. The van der Waals surface area contributed by atoms with Gasteiger partial charge in [-0.3, -0.25) is 14.5 Å². The van der Waals surface area contributed by atoms with Gasteiger partial charge in [0.1, 0.15) is 6.61 Å². The molecule has 1 aliphatic heterocycles. The van der Waals surface area contributed by atoms with Gasteiger partial charge in [-0.1, -0.05) is 54.6 Å². The standard InChI is InChI=1S/C25H27N3O5/c29-23(28-14-12-27(13-15-28)16-24(30)31)10-5-11-26-25(32)33-17-22-20-8-3-1-6-18(20)19-7-2-4-9-21(19)22/h1-10,22H,11-17H2,(H,26,32)(H,30,31)/b10-5+. The molecule has 33 heavy (non-hydrogen) atoms. The molecule has 0 bridgehead atoms. The van der Waals surface area contributed by atoms with Crippen molar-refractivity contribution in [3.63, 3.8) is 0 Å². The molecule has 0 aromatic heterocycles. The van der Waals surface area contributed by atoms with Gasteiger partial charge >= 0.3 is 12.1 Å². The van der Waals surface area contributed by atoms with Crippen molar-refractivity contribution in [2.45, 2.75) is 5.92 Å². The van der Waals surface area contributed by atoms with Crippen LogP contribution in [0, 0.1) is 0 Å². The van der Waals surface area contributed by atoms with Crippen LogP contribution in [0.15, 0.2) is 60.7 Å². The van der Waals surface area contributed by atoms with Crippen LogP contribution in [0.5, 0.6) is 0 Å². The number of aliphatic carboxylic acids is 1. The number of hydrogen-bond donors (Lipinski definition) is 2. The van der Waals surface area contributed by atoms with Gasteiger partial charge in [-0.2, -0.15) is 0 Å². The molecule has 0 spiro atoms. The molecule has 4 rings (SSSR count). The van der Waals surface area contributed by atoms with Crippen molar-refractivity contribution in [1.82, 2.24) is 15.1 Å². The molecular formula is C25H27N3O5. The summed E-state index contributed by atoms with van der Waals surface area (Å²) in [7, 11) is 0. The van der Waals surface area contributed by atoms with Crippen molar-refractivity contribution >= 4 is 18.0 Å². The Kier molecular flexibility index (Phi) is 7.04. The van der Waals surface area contributed by atoms with Crippen molar-refractivity contribution in [1.29, 1.82) is 0 Å². The predicted molar refractivity (Wildman–Crippen MR) is 123 cm³/mol. The van der Waals surface area contributed by atoms with Crippen LogP contribution in [-0.2, 0) is 14.3 Å². The lowest BCUT2D eigenvalue weighted by atomic mass is 9.98. The van der Waals surface area contributed by atoms with Gasteiger partial charge in [0.05, 0.1) is 6.54 Å². The number of nitrogens with one attached hydrogen (secondary N) is 1. The summed E-state index contributed by atoms with van der Waals surface area (Å²) in [5, 5.41) is 11.5. The monoisotopic (exact) mass is 449 g/mol. The van der Waals surface area contributed by atoms with E-state index < -0.39 is 12.1 Å². The summed E-state index contributed by atoms with van der Waals surface area (Å²) in [4.78, 5) is 38.7. The van der Waals surface area contributed by atoms with E-state index in [-0.39, 0.29) is 31.5 Å². The number of hydrogen-bond acceptors (Lipinski definition) is 5. The van der Waals surface area contributed by atoms with Gasteiger partial charge in [-0.05, 0) is 22.3 Å². The molecule has 2 amide bonds. The number of carboxylic acid groups (broad SMARTS) is 1. The Labute approximate surface area is 192 Å². The maximum absolute atomic E-state index is 12.3. The zero-order valence-electron chi connectivity index (χ0n) is 18.3. The Balaban J connectivity index is 1.21. The molecule has 0 radical (unpaired) electrons. The minimum absolute atomic E-state index is 0.0000593. The van der Waals surface area contributed by atoms with Crippen molar-refractivity contribution in [3.05, 3.63) is 71.8 Å². The van der Waals surface area contributed by atoms with E-state index in [2.05, 4.69) is 29.6 Å². The third kappa shape index (κ3) is 5.40. The van der Waals surface area contributed by atoms with Crippen LogP contribution in [0.3, 0.4) is 0 Å². The van der Waals surface area contributed by atoms with Crippen LogP contribution >= 0.6 is 0 Å². The first-order chi connectivity index (χ1) is 16.0. The highest BCUT2D eigenvalue weighted by atomic mass is 16.5. The number of carbonyl (C=O) groups excluding carboxylic acids is 2. The van der Waals surface area contributed by atoms with E-state index in [1.54, 1.807) is 15.9 Å². The van der Waals surface area contributed by atoms with Gasteiger partial charge in [0, 0.05) is 44.7 Å². The van der Waals surface area contributed by atoms with Gasteiger partial charge in [0.25, 0.3) is 0 Å². The van der Waals surface area contributed by atoms with Gasteiger partial charge in [0.15, 0.2) is 0 Å². The lowest BCUT2D eigenvalue weighted by Gasteiger charge is -2.33. The molecule has 1 saturated heterocycles. The highest BCUT2D eigenvalue weighted by Crippen LogP contribution is 2.44. The van der Waals surface area contributed by atoms with Crippen LogP contribution in [0.2, 0.25) is 0 Å². The molecule has 2 aromatic rings. The minimum Gasteiger partial charge on any atom is -0.480 e. The van der Waals surface area contributed by atoms with E-state index >= 15 is 0 Å². The Hall–Kier alpha value is -3.65. The first kappa shape index (κ1) is 22.5. The summed E-state index contributed by atoms with van der Waals surface area (Å²) in [5.41, 5.74) is 4.65. The van der Waals surface area contributed by atoms with Gasteiger partial charge in [0.2, 0.25) is 5.91 Å². The SMILES string of the molecule is O=C(O)CN1CCN(C(=O)/C=C/CNC(=O)OCC2c3ccccc3-c3ccccc32)CC1. The molecular weight excluding hydrogens is 422 g/mol. The average molecular weight is 450 g/mol. The largest absolute Gasteiger partial charge is 0.480 e. The molecule has 8 heteroatoms. The summed E-state index contributed by atoms with van der Waals surface area (Å²) < 4.78 is 5.47. The number of carbonyl (C=O) groups is 3. The van der Waals surface area contributed by atoms with Crippen LogP contribution in [0.25, 0.3) is 11.1 Å². The number of piperazine rings is 1. The third-order valence-electron chi connectivity index (χ3n) is 6.01. The smallest absolute Gasteiger partial charge is 0.407 e. The van der Waals surface area contributed by atoms with E-state index in [4.69, 9.17) is 9.84 Å². The zero-order valence-corrected chi connectivity index (χ0v) is 18.3. The zero-order chi connectivity index (χ0) is 23.2. The highest BCUT2D eigenvalue weighted by Gasteiger charge is 2.29. The second kappa shape index (κ2) is 10.3. The normalized spacial score (nSPS) is 15.8. The summed E-state index contributed by atoms with van der Waals surface area (Å²) in [6, 6.07) is 16.3. The molecule has 1 aliphatic carbocycles. The van der Waals surface area contributed by atoms with E-state index in [0.29, 0.717) is 26.2 Å². The quantitative estimate of drug-likeness (QED) is 0.630. The molecule has 2 aliphatic rings. The van der Waals surface area contributed by atoms with Crippen LogP contribution in [-0.4, -0.2) is 78.8 Å². The molecule has 1 heterocycles. The van der Waals surface area contributed by atoms with Crippen molar-refractivity contribution < 1.29 is 24.2 Å². The number of ether oxygens (including phenoxy) is 1. The van der Waals surface area contributed by atoms with Crippen molar-refractivity contribution in [2.24, 2.45) is 0 Å². The Bertz CT molecular complexity index is 1010. The van der Waals surface area contributed by atoms with Crippen LogP contribution < -0.4 is 5.32 Å². The molecule has 0 atom stereocenters. The maximum atomic E-state index is 12.3. The topological polar surface area (TPSA) is 99.2 Å². The molecule has 0 unspecified atom stereocenters. The first-order valence-corrected chi connectivity index (χ1v) is 11.0. The molecule has 2 aromatic carbocycles. The van der Waals surface area contributed by atoms with Crippen molar-refractivity contribution in [3.8, 4) is 11.1 Å². The second-order valence-electron chi connectivity index (χ2n) is 8.10. The molecule has 8 nitrogen and oxygen atoms in total. The first-order valence-electron chi connectivity index (χ1n) is 11.0. The van der Waals surface area contributed by atoms with E-state index in [1.807, 2.05) is 24.3 Å². The molecule has 172 valence electrons. The third-order valence-corrected chi connectivity index (χ3v) is 6.01. The van der Waals surface area contributed by atoms with E-state index in [0.717, 1.165) is 11.1 Å². The molecule has 0 saturated carbocycles. The maximum Gasteiger partial charge on any atom is 0.407 e. The Morgan fingerprint density at radius 1 is 0.970 bits per heavy atom. The fourth-order valence-electron chi connectivity index (χ4n) is 4.37. The summed E-state index contributed by atoms with van der Waals surface area (Å²) in [6.45, 7) is 2.44. The number of carboxylic acids is 1. The Morgan fingerprint density at radius 3 is 2.18 bits per heavy atom. The van der Waals surface area contributed by atoms with Gasteiger partial charge in [-0.15, -0.1) is 0 Å². The number of fused-ring (bicyclic) bond motifs is 3. The number of alkyl carbamates (subject to hydrolysis) is 1. The fraction of sp³-hybridized carbons (Fsp3) is 0.320. The number of benzene rings is 2. The van der Waals surface area contributed by atoms with Crippen molar-refractivity contribution in [2.75, 3.05) is 45.9 Å². The van der Waals surface area contributed by atoms with Gasteiger partial charge in [-0.25, -0.2) is 4.79 Å². The van der Waals surface area contributed by atoms with Crippen LogP contribution in [0.1, 0.15) is 17.0 Å². The summed E-state index contributed by atoms with van der Waals surface area (Å²) in [6.07, 6.45) is 2.49. The predicted octanol–water partition coefficient (Wildman–Crippen LogP) is 2.31. The number of amides is 2. The lowest BCUT2D eigenvalue weighted by Crippen LogP contribution is -2.49. The number of nitrogens with zero attached hydrogens (tertiary/aromatic N) is 2. The van der Waals surface area contributed by atoms with Crippen LogP contribution in [0.4, 0.5) is 4.79 Å². The fourth-order valence-corrected chi connectivity index (χ4v) is 4.37. The lowest BCUT2D eigenvalue weighted by molar-refractivity contribution is -0.139. The minimum atomic E-state index is -0.867. The van der Waals surface area contributed by atoms with E-state index in [1.165, 1.54) is 17.2 Å².